The molecule has 0 fully saturated rings. The Labute approximate surface area is 150 Å². The molecule has 0 saturated carbocycles. The first-order valence-corrected chi connectivity index (χ1v) is 9.39. The molecule has 7 heteroatoms. The molecule has 132 valence electrons. The van der Waals surface area contributed by atoms with E-state index in [1.807, 2.05) is 17.8 Å². The number of nitrogens with zero attached hydrogens (tertiary/aromatic N) is 4. The van der Waals surface area contributed by atoms with E-state index >= 15 is 0 Å². The monoisotopic (exact) mass is 358 g/mol. The minimum Gasteiger partial charge on any atom is -0.328 e. The Bertz CT molecular complexity index is 1020. The zero-order chi connectivity index (χ0) is 18.0. The molecule has 2 heterocycles. The summed E-state index contributed by atoms with van der Waals surface area (Å²) >= 11 is 1.82. The van der Waals surface area contributed by atoms with Crippen LogP contribution in [0.3, 0.4) is 0 Å². The van der Waals surface area contributed by atoms with Crippen molar-refractivity contribution in [2.75, 3.05) is 5.75 Å². The van der Waals surface area contributed by atoms with E-state index in [2.05, 4.69) is 30.1 Å². The Morgan fingerprint density at radius 2 is 1.92 bits per heavy atom. The number of benzene rings is 1. The number of aryl methyl sites for hydroxylation is 3. The predicted octanol–water partition coefficient (Wildman–Crippen LogP) is 2.07. The second kappa shape index (κ2) is 7.31. The molecule has 0 unspecified atom stereocenters. The van der Waals surface area contributed by atoms with E-state index in [1.54, 1.807) is 25.0 Å². The van der Waals surface area contributed by atoms with E-state index in [0.717, 1.165) is 17.9 Å². The summed E-state index contributed by atoms with van der Waals surface area (Å²) in [4.78, 5) is 29.1. The van der Waals surface area contributed by atoms with Gasteiger partial charge in [-0.25, -0.2) is 9.78 Å². The minimum atomic E-state index is -0.305. The summed E-state index contributed by atoms with van der Waals surface area (Å²) in [7, 11) is 3.42. The summed E-state index contributed by atoms with van der Waals surface area (Å²) in [5.41, 5.74) is 2.96. The maximum atomic E-state index is 12.6. The van der Waals surface area contributed by atoms with Gasteiger partial charge in [0.1, 0.15) is 0 Å². The summed E-state index contributed by atoms with van der Waals surface area (Å²) in [5, 5.41) is 0. The molecule has 0 atom stereocenters. The Hall–Kier alpha value is -2.28. The first-order chi connectivity index (χ1) is 12.0. The van der Waals surface area contributed by atoms with Crippen LogP contribution in [0, 0.1) is 6.92 Å². The Morgan fingerprint density at radius 1 is 1.16 bits per heavy atom. The fourth-order valence-electron chi connectivity index (χ4n) is 2.87. The number of thioether (sulfide) groups is 1. The minimum absolute atomic E-state index is 0.262. The van der Waals surface area contributed by atoms with Crippen molar-refractivity contribution in [1.29, 1.82) is 0 Å². The number of aromatic nitrogens is 4. The lowest BCUT2D eigenvalue weighted by Gasteiger charge is -2.09. The van der Waals surface area contributed by atoms with Gasteiger partial charge in [-0.2, -0.15) is 11.8 Å². The van der Waals surface area contributed by atoms with Crippen molar-refractivity contribution in [3.05, 3.63) is 62.6 Å². The van der Waals surface area contributed by atoms with Gasteiger partial charge < -0.3 is 4.57 Å². The highest BCUT2D eigenvalue weighted by Crippen LogP contribution is 2.16. The molecule has 0 amide bonds. The van der Waals surface area contributed by atoms with Crippen molar-refractivity contribution in [2.45, 2.75) is 25.6 Å². The summed E-state index contributed by atoms with van der Waals surface area (Å²) in [6.45, 7) is 2.54. The highest BCUT2D eigenvalue weighted by Gasteiger charge is 2.14. The highest BCUT2D eigenvalue weighted by atomic mass is 32.2. The molecule has 0 bridgehead atoms. The average molecular weight is 358 g/mol. The van der Waals surface area contributed by atoms with Gasteiger partial charge in [0.15, 0.2) is 11.2 Å². The lowest BCUT2D eigenvalue weighted by Crippen LogP contribution is -2.39. The fourth-order valence-corrected chi connectivity index (χ4v) is 3.89. The molecular weight excluding hydrogens is 336 g/mol. The number of imidazole rings is 1. The van der Waals surface area contributed by atoms with Gasteiger partial charge in [0, 0.05) is 26.4 Å². The molecule has 0 N–H and O–H groups in total. The SMILES string of the molecule is Cc1ccccc1CSCCCn1c(=O)c2c(ncn2C)n(C)c1=O. The zero-order valence-electron chi connectivity index (χ0n) is 14.7. The highest BCUT2D eigenvalue weighted by molar-refractivity contribution is 7.98. The van der Waals surface area contributed by atoms with Gasteiger partial charge in [-0.3, -0.25) is 13.9 Å². The first-order valence-electron chi connectivity index (χ1n) is 8.24. The van der Waals surface area contributed by atoms with Crippen LogP contribution in [0.4, 0.5) is 0 Å². The molecule has 0 spiro atoms. The molecule has 0 aliphatic carbocycles. The van der Waals surface area contributed by atoms with E-state index in [-0.39, 0.29) is 11.2 Å². The zero-order valence-corrected chi connectivity index (χ0v) is 15.5. The van der Waals surface area contributed by atoms with Crippen molar-refractivity contribution < 1.29 is 0 Å². The van der Waals surface area contributed by atoms with Crippen LogP contribution in [-0.4, -0.2) is 24.4 Å². The fraction of sp³-hybridized carbons (Fsp3) is 0.389. The van der Waals surface area contributed by atoms with Crippen molar-refractivity contribution in [3.8, 4) is 0 Å². The van der Waals surface area contributed by atoms with Gasteiger partial charge in [0.25, 0.3) is 5.56 Å². The van der Waals surface area contributed by atoms with Gasteiger partial charge in [-0.1, -0.05) is 24.3 Å². The van der Waals surface area contributed by atoms with Gasteiger partial charge in [0.2, 0.25) is 0 Å². The number of hydrogen-bond donors (Lipinski definition) is 0. The van der Waals surface area contributed by atoms with Crippen LogP contribution in [0.5, 0.6) is 0 Å². The summed E-state index contributed by atoms with van der Waals surface area (Å²) in [6.07, 6.45) is 2.34. The van der Waals surface area contributed by atoms with Crippen molar-refractivity contribution in [3.63, 3.8) is 0 Å². The Balaban J connectivity index is 1.68. The quantitative estimate of drug-likeness (QED) is 0.633. The smallest absolute Gasteiger partial charge is 0.328 e. The average Bonchev–Trinajstić information content (AvgIpc) is 2.99. The molecule has 1 aromatic carbocycles. The Morgan fingerprint density at radius 3 is 2.68 bits per heavy atom. The molecule has 0 aliphatic heterocycles. The van der Waals surface area contributed by atoms with Gasteiger partial charge in [-0.05, 0) is 30.2 Å². The van der Waals surface area contributed by atoms with Crippen LogP contribution in [0.25, 0.3) is 11.2 Å². The van der Waals surface area contributed by atoms with Crippen LogP contribution < -0.4 is 11.2 Å². The molecule has 3 rings (SSSR count). The summed E-state index contributed by atoms with van der Waals surface area (Å²) in [6, 6.07) is 8.34. The number of fused-ring (bicyclic) bond motifs is 1. The molecule has 0 saturated heterocycles. The van der Waals surface area contributed by atoms with Crippen molar-refractivity contribution in [2.24, 2.45) is 14.1 Å². The summed E-state index contributed by atoms with van der Waals surface area (Å²) < 4.78 is 4.43. The number of rotatable bonds is 6. The van der Waals surface area contributed by atoms with E-state index in [1.165, 1.54) is 20.3 Å². The lowest BCUT2D eigenvalue weighted by atomic mass is 10.1. The topological polar surface area (TPSA) is 61.8 Å². The second-order valence-electron chi connectivity index (χ2n) is 6.16. The van der Waals surface area contributed by atoms with Crippen molar-refractivity contribution >= 4 is 22.9 Å². The van der Waals surface area contributed by atoms with Crippen LogP contribution >= 0.6 is 11.8 Å². The molecule has 6 nitrogen and oxygen atoms in total. The number of hydrogen-bond acceptors (Lipinski definition) is 4. The van der Waals surface area contributed by atoms with E-state index in [4.69, 9.17) is 0 Å². The van der Waals surface area contributed by atoms with E-state index in [0.29, 0.717) is 17.7 Å². The molecule has 25 heavy (non-hydrogen) atoms. The first kappa shape index (κ1) is 17.5. The standard InChI is InChI=1S/C18H22N4O2S/c1-13-7-4-5-8-14(13)11-25-10-6-9-22-17(23)15-16(19-12-20(15)2)21(3)18(22)24/h4-5,7-8,12H,6,9-11H2,1-3H3. The van der Waals surface area contributed by atoms with Crippen LogP contribution in [-0.2, 0) is 26.4 Å². The normalized spacial score (nSPS) is 11.3. The predicted molar refractivity (Wildman–Crippen MR) is 102 cm³/mol. The Kier molecular flexibility index (Phi) is 5.13. The van der Waals surface area contributed by atoms with Gasteiger partial charge in [0.05, 0.1) is 6.33 Å². The third-order valence-corrected chi connectivity index (χ3v) is 5.48. The van der Waals surface area contributed by atoms with Crippen LogP contribution in [0.1, 0.15) is 17.5 Å². The third-order valence-electron chi connectivity index (χ3n) is 4.39. The van der Waals surface area contributed by atoms with E-state index in [9.17, 15) is 9.59 Å². The maximum absolute atomic E-state index is 12.6. The summed E-state index contributed by atoms with van der Waals surface area (Å²) in [5.74, 6) is 1.84. The third kappa shape index (κ3) is 3.42. The van der Waals surface area contributed by atoms with Crippen molar-refractivity contribution in [1.82, 2.24) is 18.7 Å². The molecule has 2 aromatic heterocycles. The van der Waals surface area contributed by atoms with Crippen LogP contribution in [0.2, 0.25) is 0 Å². The lowest BCUT2D eigenvalue weighted by molar-refractivity contribution is 0.594. The molecular formula is C18H22N4O2S. The molecule has 0 radical (unpaired) electrons. The van der Waals surface area contributed by atoms with Gasteiger partial charge >= 0.3 is 5.69 Å². The van der Waals surface area contributed by atoms with Gasteiger partial charge in [-0.15, -0.1) is 0 Å². The maximum Gasteiger partial charge on any atom is 0.332 e. The molecule has 3 aromatic rings. The largest absolute Gasteiger partial charge is 0.332 e. The van der Waals surface area contributed by atoms with E-state index < -0.39 is 0 Å². The second-order valence-corrected chi connectivity index (χ2v) is 7.26. The molecule has 0 aliphatic rings. The van der Waals surface area contributed by atoms with Crippen LogP contribution in [0.15, 0.2) is 40.2 Å².